The van der Waals surface area contributed by atoms with E-state index in [0.29, 0.717) is 12.6 Å². The molecule has 8 nitrogen and oxygen atoms in total. The fourth-order valence-electron chi connectivity index (χ4n) is 2.71. The Morgan fingerprint density at radius 2 is 1.90 bits per heavy atom. The molecule has 0 saturated carbocycles. The monoisotopic (exact) mass is 412 g/mol. The smallest absolute Gasteiger partial charge is 0.227 e. The van der Waals surface area contributed by atoms with Gasteiger partial charge in [-0.15, -0.1) is 0 Å². The van der Waals surface area contributed by atoms with Crippen molar-refractivity contribution in [3.63, 3.8) is 0 Å². The Hall–Kier alpha value is -3.04. The minimum absolute atomic E-state index is 0.104. The highest BCUT2D eigenvalue weighted by molar-refractivity contribution is 7.19. The highest BCUT2D eigenvalue weighted by Crippen LogP contribution is 2.32. The van der Waals surface area contributed by atoms with Crippen molar-refractivity contribution in [1.82, 2.24) is 15.0 Å². The summed E-state index contributed by atoms with van der Waals surface area (Å²) in [5.74, 6) is 0.386. The van der Waals surface area contributed by atoms with Gasteiger partial charge in [-0.1, -0.05) is 11.3 Å². The molecule has 0 radical (unpaired) electrons. The summed E-state index contributed by atoms with van der Waals surface area (Å²) in [7, 11) is 1.68. The Bertz CT molecular complexity index is 973. The fourth-order valence-corrected chi connectivity index (χ4v) is 3.76. The van der Waals surface area contributed by atoms with Crippen LogP contribution in [0.2, 0.25) is 0 Å². The molecule has 0 aliphatic rings. The number of rotatable bonds is 8. The Balaban J connectivity index is 1.74. The van der Waals surface area contributed by atoms with Gasteiger partial charge in [-0.2, -0.15) is 0 Å². The van der Waals surface area contributed by atoms with Crippen LogP contribution in [0.5, 0.6) is 0 Å². The Labute approximate surface area is 173 Å². The summed E-state index contributed by atoms with van der Waals surface area (Å²) in [5, 5.41) is 10.1. The van der Waals surface area contributed by atoms with Crippen molar-refractivity contribution in [2.24, 2.45) is 0 Å². The molecule has 0 saturated heterocycles. The zero-order valence-electron chi connectivity index (χ0n) is 16.8. The standard InChI is InChI=1S/C20H24N6O2S/c1-12(11-28-4)22-20-23-13(2)18(29-20)17-9-10-21-19(26-17)25-16-7-5-15(6-8-16)24-14(3)27/h5-10,12H,11H2,1-4H3,(H,22,23)(H,24,27)(H,21,25,26). The summed E-state index contributed by atoms with van der Waals surface area (Å²) >= 11 is 1.55. The van der Waals surface area contributed by atoms with Gasteiger partial charge in [0.1, 0.15) is 0 Å². The van der Waals surface area contributed by atoms with Gasteiger partial charge in [-0.05, 0) is 44.2 Å². The molecule has 3 rings (SSSR count). The molecule has 0 aliphatic carbocycles. The number of nitrogens with one attached hydrogen (secondary N) is 3. The van der Waals surface area contributed by atoms with Crippen molar-refractivity contribution < 1.29 is 9.53 Å². The lowest BCUT2D eigenvalue weighted by Gasteiger charge is -2.10. The molecule has 1 aromatic carbocycles. The maximum Gasteiger partial charge on any atom is 0.227 e. The Morgan fingerprint density at radius 1 is 1.17 bits per heavy atom. The van der Waals surface area contributed by atoms with Crippen LogP contribution < -0.4 is 16.0 Å². The normalized spacial score (nSPS) is 11.7. The molecule has 3 aromatic rings. The summed E-state index contributed by atoms with van der Waals surface area (Å²) < 4.78 is 5.16. The van der Waals surface area contributed by atoms with Crippen molar-refractivity contribution in [3.8, 4) is 10.6 Å². The van der Waals surface area contributed by atoms with E-state index in [-0.39, 0.29) is 11.9 Å². The molecular weight excluding hydrogens is 388 g/mol. The second-order valence-electron chi connectivity index (χ2n) is 6.58. The van der Waals surface area contributed by atoms with Gasteiger partial charge < -0.3 is 20.7 Å². The summed E-state index contributed by atoms with van der Waals surface area (Å²) in [6.07, 6.45) is 1.72. The van der Waals surface area contributed by atoms with Gasteiger partial charge >= 0.3 is 0 Å². The molecule has 0 fully saturated rings. The van der Waals surface area contributed by atoms with E-state index >= 15 is 0 Å². The number of anilines is 4. The largest absolute Gasteiger partial charge is 0.383 e. The number of amides is 1. The lowest BCUT2D eigenvalue weighted by molar-refractivity contribution is -0.114. The third kappa shape index (κ3) is 5.72. The molecule has 9 heteroatoms. The van der Waals surface area contributed by atoms with E-state index in [0.717, 1.165) is 32.8 Å². The highest BCUT2D eigenvalue weighted by atomic mass is 32.1. The van der Waals surface area contributed by atoms with Crippen molar-refractivity contribution in [2.45, 2.75) is 26.8 Å². The summed E-state index contributed by atoms with van der Waals surface area (Å²) in [6.45, 7) is 6.10. The lowest BCUT2D eigenvalue weighted by Crippen LogP contribution is -2.20. The van der Waals surface area contributed by atoms with Crippen LogP contribution in [0.25, 0.3) is 10.6 Å². The third-order valence-corrected chi connectivity index (χ3v) is 5.04. The van der Waals surface area contributed by atoms with Crippen LogP contribution in [0.3, 0.4) is 0 Å². The molecule has 3 N–H and O–H groups in total. The van der Waals surface area contributed by atoms with E-state index in [2.05, 4.69) is 30.9 Å². The van der Waals surface area contributed by atoms with Gasteiger partial charge in [-0.3, -0.25) is 4.79 Å². The number of ether oxygens (including phenoxy) is 1. The number of methoxy groups -OCH3 is 1. The first-order valence-corrected chi connectivity index (χ1v) is 9.97. The number of aromatic nitrogens is 3. The Morgan fingerprint density at radius 3 is 2.59 bits per heavy atom. The average Bonchev–Trinajstić information content (AvgIpc) is 3.03. The molecule has 1 atom stereocenters. The number of aryl methyl sites for hydroxylation is 1. The minimum Gasteiger partial charge on any atom is -0.383 e. The van der Waals surface area contributed by atoms with Crippen LogP contribution in [0.4, 0.5) is 22.5 Å². The predicted octanol–water partition coefficient (Wildman–Crippen LogP) is 4.06. The molecule has 0 aliphatic heterocycles. The van der Waals surface area contributed by atoms with E-state index < -0.39 is 0 Å². The van der Waals surface area contributed by atoms with Gasteiger partial charge in [0.25, 0.3) is 0 Å². The van der Waals surface area contributed by atoms with Crippen LogP contribution in [-0.2, 0) is 9.53 Å². The SMILES string of the molecule is COCC(C)Nc1nc(C)c(-c2ccnc(Nc3ccc(NC(C)=O)cc3)n2)s1. The third-order valence-electron chi connectivity index (χ3n) is 3.93. The topological polar surface area (TPSA) is 101 Å². The molecule has 2 aromatic heterocycles. The van der Waals surface area contributed by atoms with Crippen LogP contribution in [0.15, 0.2) is 36.5 Å². The fraction of sp³-hybridized carbons (Fsp3) is 0.300. The van der Waals surface area contributed by atoms with E-state index in [1.807, 2.05) is 44.2 Å². The highest BCUT2D eigenvalue weighted by Gasteiger charge is 2.13. The summed E-state index contributed by atoms with van der Waals surface area (Å²) in [5.41, 5.74) is 3.28. The van der Waals surface area contributed by atoms with Crippen LogP contribution in [0, 0.1) is 6.92 Å². The van der Waals surface area contributed by atoms with Crippen molar-refractivity contribution in [2.75, 3.05) is 29.7 Å². The van der Waals surface area contributed by atoms with Gasteiger partial charge in [0.05, 0.1) is 22.9 Å². The van der Waals surface area contributed by atoms with Crippen LogP contribution in [-0.4, -0.2) is 40.6 Å². The second-order valence-corrected chi connectivity index (χ2v) is 7.58. The molecule has 2 heterocycles. The molecule has 29 heavy (non-hydrogen) atoms. The van der Waals surface area contributed by atoms with Gasteiger partial charge in [0.2, 0.25) is 11.9 Å². The van der Waals surface area contributed by atoms with Crippen LogP contribution in [0.1, 0.15) is 19.5 Å². The molecule has 0 spiro atoms. The van der Waals surface area contributed by atoms with Crippen LogP contribution >= 0.6 is 11.3 Å². The molecule has 1 unspecified atom stereocenters. The number of nitrogens with zero attached hydrogens (tertiary/aromatic N) is 3. The predicted molar refractivity (Wildman–Crippen MR) is 117 cm³/mol. The maximum atomic E-state index is 11.1. The molecular formula is C20H24N6O2S. The van der Waals surface area contributed by atoms with E-state index in [1.165, 1.54) is 6.92 Å². The number of carbonyl (C=O) groups is 1. The first kappa shape index (κ1) is 20.7. The van der Waals surface area contributed by atoms with Gasteiger partial charge in [0, 0.05) is 37.6 Å². The van der Waals surface area contributed by atoms with E-state index in [4.69, 9.17) is 4.74 Å². The number of hydrogen-bond donors (Lipinski definition) is 3. The molecule has 0 bridgehead atoms. The van der Waals surface area contributed by atoms with E-state index in [9.17, 15) is 4.79 Å². The van der Waals surface area contributed by atoms with Gasteiger partial charge in [0.15, 0.2) is 5.13 Å². The Kier molecular flexibility index (Phi) is 6.73. The first-order valence-electron chi connectivity index (χ1n) is 9.15. The van der Waals surface area contributed by atoms with Crippen molar-refractivity contribution >= 4 is 39.7 Å². The van der Waals surface area contributed by atoms with Crippen molar-refractivity contribution in [3.05, 3.63) is 42.2 Å². The second kappa shape index (κ2) is 9.44. The number of benzene rings is 1. The number of hydrogen-bond acceptors (Lipinski definition) is 8. The lowest BCUT2D eigenvalue weighted by atomic mass is 10.2. The van der Waals surface area contributed by atoms with Gasteiger partial charge in [-0.25, -0.2) is 15.0 Å². The molecule has 1 amide bonds. The average molecular weight is 413 g/mol. The summed E-state index contributed by atoms with van der Waals surface area (Å²) in [4.78, 5) is 25.6. The number of carbonyl (C=O) groups excluding carboxylic acids is 1. The number of thiazole rings is 1. The summed E-state index contributed by atoms with van der Waals surface area (Å²) in [6, 6.07) is 9.40. The zero-order chi connectivity index (χ0) is 20.8. The maximum absolute atomic E-state index is 11.1. The zero-order valence-corrected chi connectivity index (χ0v) is 17.6. The van der Waals surface area contributed by atoms with Crippen molar-refractivity contribution in [1.29, 1.82) is 0 Å². The quantitative estimate of drug-likeness (QED) is 0.513. The minimum atomic E-state index is -0.104. The van der Waals surface area contributed by atoms with E-state index in [1.54, 1.807) is 24.6 Å². The molecule has 152 valence electrons. The first-order chi connectivity index (χ1) is 13.9.